The third-order valence-corrected chi connectivity index (χ3v) is 3.94. The number of hydrogen-bond donors (Lipinski definition) is 1. The van der Waals surface area contributed by atoms with Gasteiger partial charge >= 0.3 is 39.1 Å². The molecule has 0 unspecified atom stereocenters. The van der Waals surface area contributed by atoms with Gasteiger partial charge in [-0.05, 0) is 6.42 Å². The van der Waals surface area contributed by atoms with Crippen molar-refractivity contribution in [3.05, 3.63) is 0 Å². The van der Waals surface area contributed by atoms with E-state index in [-0.39, 0.29) is 12.8 Å². The fraction of sp³-hybridized carbons (Fsp3) is 1.00. The van der Waals surface area contributed by atoms with Gasteiger partial charge in [-0.25, -0.2) is 0 Å². The molecule has 0 rings (SSSR count). The number of hydrogen-bond acceptors (Lipinski definition) is 2. The van der Waals surface area contributed by atoms with Crippen LogP contribution in [-0.2, 0) is 10.1 Å². The number of rotatable bonds is 9. The van der Waals surface area contributed by atoms with Gasteiger partial charge in [0, 0.05) is 6.42 Å². The van der Waals surface area contributed by atoms with E-state index in [0.717, 1.165) is 0 Å². The van der Waals surface area contributed by atoms with Crippen molar-refractivity contribution in [2.75, 3.05) is 0 Å². The zero-order chi connectivity index (χ0) is 19.8. The lowest BCUT2D eigenvalue weighted by Crippen LogP contribution is -2.68. The second kappa shape index (κ2) is 6.50. The molecule has 0 atom stereocenters. The van der Waals surface area contributed by atoms with Crippen LogP contribution in [0.4, 0.5) is 43.9 Å². The smallest absolute Gasteiger partial charge is 0.281 e. The van der Waals surface area contributed by atoms with Crippen molar-refractivity contribution in [1.29, 1.82) is 0 Å². The molecule has 0 bridgehead atoms. The molecule has 0 saturated carbocycles. The summed E-state index contributed by atoms with van der Waals surface area (Å²) in [6.45, 7) is 1.41. The molecule has 0 spiro atoms. The second-order valence-electron chi connectivity index (χ2n) is 4.88. The van der Waals surface area contributed by atoms with Gasteiger partial charge in [-0.1, -0.05) is 19.8 Å². The summed E-state index contributed by atoms with van der Waals surface area (Å²) >= 11 is 0. The lowest BCUT2D eigenvalue weighted by Gasteiger charge is -2.38. The molecule has 0 saturated heterocycles. The van der Waals surface area contributed by atoms with E-state index in [9.17, 15) is 52.3 Å². The summed E-state index contributed by atoms with van der Waals surface area (Å²) in [6, 6.07) is 0. The molecular weight excluding hydrogens is 390 g/mol. The Morgan fingerprint density at radius 3 is 1.50 bits per heavy atom. The van der Waals surface area contributed by atoms with E-state index in [1.165, 1.54) is 6.92 Å². The Balaban J connectivity index is 6.01. The fourth-order valence-corrected chi connectivity index (χ4v) is 1.98. The lowest BCUT2D eigenvalue weighted by molar-refractivity contribution is -0.390. The molecule has 0 aromatic carbocycles. The van der Waals surface area contributed by atoms with E-state index in [4.69, 9.17) is 4.55 Å². The molecule has 0 aliphatic rings. The summed E-state index contributed by atoms with van der Waals surface area (Å²) < 4.78 is 159. The predicted molar refractivity (Wildman–Crippen MR) is 60.4 cm³/mol. The standard InChI is InChI=1S/C10H12F10O3S/c1-2-3-4-5-6(11,12)7(13,14)8(15,16)9(17,18)10(19,20)24(21,22)23/h2-5H2,1H3,(H,21,22,23). The summed E-state index contributed by atoms with van der Waals surface area (Å²) in [5.41, 5.74) is 0. The molecule has 0 aliphatic heterocycles. The van der Waals surface area contributed by atoms with Gasteiger partial charge in [0.2, 0.25) is 0 Å². The maximum Gasteiger partial charge on any atom is 0.438 e. The third-order valence-electron chi connectivity index (χ3n) is 3.03. The van der Waals surface area contributed by atoms with Gasteiger partial charge in [0.1, 0.15) is 0 Å². The summed E-state index contributed by atoms with van der Waals surface area (Å²) in [4.78, 5) is 0. The maximum absolute atomic E-state index is 13.2. The van der Waals surface area contributed by atoms with Crippen molar-refractivity contribution in [2.24, 2.45) is 0 Å². The highest BCUT2D eigenvalue weighted by molar-refractivity contribution is 7.87. The van der Waals surface area contributed by atoms with E-state index in [1.807, 2.05) is 0 Å². The second-order valence-corrected chi connectivity index (χ2v) is 6.34. The van der Waals surface area contributed by atoms with Gasteiger partial charge in [-0.2, -0.15) is 52.3 Å². The average molecular weight is 402 g/mol. The van der Waals surface area contributed by atoms with Gasteiger partial charge in [0.15, 0.2) is 0 Å². The first-order valence-electron chi connectivity index (χ1n) is 6.17. The normalized spacial score (nSPS) is 15.7. The monoisotopic (exact) mass is 402 g/mol. The van der Waals surface area contributed by atoms with Crippen LogP contribution in [-0.4, -0.2) is 41.9 Å². The van der Waals surface area contributed by atoms with E-state index in [1.54, 1.807) is 0 Å². The fourth-order valence-electron chi connectivity index (χ4n) is 1.53. The molecule has 0 aromatic rings. The molecule has 0 radical (unpaired) electrons. The summed E-state index contributed by atoms with van der Waals surface area (Å²) in [5, 5.41) is -7.13. The van der Waals surface area contributed by atoms with Crippen LogP contribution in [0.25, 0.3) is 0 Å². The van der Waals surface area contributed by atoms with Crippen LogP contribution in [0.5, 0.6) is 0 Å². The number of unbranched alkanes of at least 4 members (excludes halogenated alkanes) is 2. The highest BCUT2D eigenvalue weighted by Crippen LogP contribution is 2.58. The quantitative estimate of drug-likeness (QED) is 0.349. The Morgan fingerprint density at radius 1 is 0.750 bits per heavy atom. The molecule has 0 aromatic heterocycles. The number of halogens is 10. The molecule has 1 N–H and O–H groups in total. The average Bonchev–Trinajstić information content (AvgIpc) is 2.36. The van der Waals surface area contributed by atoms with Crippen LogP contribution in [0.2, 0.25) is 0 Å². The minimum Gasteiger partial charge on any atom is -0.281 e. The van der Waals surface area contributed by atoms with Crippen LogP contribution in [0.1, 0.15) is 32.6 Å². The zero-order valence-electron chi connectivity index (χ0n) is 11.8. The minimum atomic E-state index is -7.52. The molecular formula is C10H12F10O3S. The van der Waals surface area contributed by atoms with Crippen molar-refractivity contribution in [3.8, 4) is 0 Å². The first kappa shape index (κ1) is 23.2. The Morgan fingerprint density at radius 2 is 1.17 bits per heavy atom. The van der Waals surface area contributed by atoms with Crippen LogP contribution in [0.3, 0.4) is 0 Å². The number of alkyl halides is 10. The van der Waals surface area contributed by atoms with Crippen molar-refractivity contribution < 1.29 is 56.9 Å². The molecule has 0 fully saturated rings. The Kier molecular flexibility index (Phi) is 6.28. The molecule has 0 aliphatic carbocycles. The van der Waals surface area contributed by atoms with Crippen molar-refractivity contribution >= 4 is 10.1 Å². The molecule has 24 heavy (non-hydrogen) atoms. The van der Waals surface area contributed by atoms with Gasteiger partial charge < -0.3 is 0 Å². The Labute approximate surface area is 129 Å². The van der Waals surface area contributed by atoms with Crippen LogP contribution < -0.4 is 0 Å². The Bertz CT molecular complexity index is 543. The van der Waals surface area contributed by atoms with E-state index < -0.39 is 51.9 Å². The maximum atomic E-state index is 13.2. The first-order valence-corrected chi connectivity index (χ1v) is 7.61. The van der Waals surface area contributed by atoms with E-state index in [0.29, 0.717) is 0 Å². The topological polar surface area (TPSA) is 54.4 Å². The highest BCUT2D eigenvalue weighted by atomic mass is 32.2. The molecule has 0 amide bonds. The highest BCUT2D eigenvalue weighted by Gasteiger charge is 2.88. The van der Waals surface area contributed by atoms with Crippen molar-refractivity contribution in [1.82, 2.24) is 0 Å². The van der Waals surface area contributed by atoms with Crippen molar-refractivity contribution in [2.45, 2.75) is 61.6 Å². The van der Waals surface area contributed by atoms with Gasteiger partial charge in [0.25, 0.3) is 0 Å². The molecule has 14 heteroatoms. The first-order chi connectivity index (χ1) is 10.3. The zero-order valence-corrected chi connectivity index (χ0v) is 12.6. The Hall–Kier alpha value is -0.790. The summed E-state index contributed by atoms with van der Waals surface area (Å²) in [6.07, 6.45) is -2.85. The van der Waals surface area contributed by atoms with Gasteiger partial charge in [-0.15, -0.1) is 0 Å². The van der Waals surface area contributed by atoms with Crippen LogP contribution in [0.15, 0.2) is 0 Å². The van der Waals surface area contributed by atoms with E-state index in [2.05, 4.69) is 0 Å². The van der Waals surface area contributed by atoms with Crippen LogP contribution in [0, 0.1) is 0 Å². The minimum absolute atomic E-state index is 0.162. The van der Waals surface area contributed by atoms with Gasteiger partial charge in [-0.3, -0.25) is 4.55 Å². The van der Waals surface area contributed by atoms with E-state index >= 15 is 0 Å². The van der Waals surface area contributed by atoms with Crippen LogP contribution >= 0.6 is 0 Å². The summed E-state index contributed by atoms with van der Waals surface area (Å²) in [5.74, 6) is -27.9. The molecule has 3 nitrogen and oxygen atoms in total. The molecule has 146 valence electrons. The van der Waals surface area contributed by atoms with Crippen molar-refractivity contribution in [3.63, 3.8) is 0 Å². The summed E-state index contributed by atoms with van der Waals surface area (Å²) in [7, 11) is -7.31. The molecule has 0 heterocycles. The largest absolute Gasteiger partial charge is 0.438 e. The third kappa shape index (κ3) is 3.44. The van der Waals surface area contributed by atoms with Gasteiger partial charge in [0.05, 0.1) is 0 Å². The predicted octanol–water partition coefficient (Wildman–Crippen LogP) is 4.59. The SMILES string of the molecule is CCCCCC(F)(F)C(F)(F)C(F)(F)C(F)(F)C(F)(F)S(=O)(=O)O. The lowest BCUT2D eigenvalue weighted by atomic mass is 9.95.